The molecular weight excluding hydrogens is 790 g/mol. The standard InChI is InChI=1S/C39H29Cl2IN2O6/c1-50-31-17-20(16-30(42)34(31)45)33-26-14-15-27-32(37(48)43(35(27)46)24-12-10-22(40)11-13-24)28(26)19-29-36(47)44(25-9-5-8-23(41)18-25)38(49)39(29,33)21-6-3-2-4-7-21/h2-14,16-18,27-29,32-33,45H,15,19H2,1H3. The minimum absolute atomic E-state index is 0.0447. The van der Waals surface area contributed by atoms with E-state index >= 15 is 4.79 Å². The molecule has 6 atom stereocenters. The topological polar surface area (TPSA) is 104 Å². The highest BCUT2D eigenvalue weighted by Crippen LogP contribution is 2.65. The van der Waals surface area contributed by atoms with Crippen LogP contribution in [0.25, 0.3) is 0 Å². The van der Waals surface area contributed by atoms with Crippen LogP contribution in [0, 0.1) is 27.2 Å². The predicted octanol–water partition coefficient (Wildman–Crippen LogP) is 7.68. The first-order chi connectivity index (χ1) is 24.1. The van der Waals surface area contributed by atoms with Crippen molar-refractivity contribution >= 4 is 80.8 Å². The van der Waals surface area contributed by atoms with Gasteiger partial charge in [-0.2, -0.15) is 0 Å². The summed E-state index contributed by atoms with van der Waals surface area (Å²) in [4.78, 5) is 61.2. The lowest BCUT2D eigenvalue weighted by Gasteiger charge is -2.50. The van der Waals surface area contributed by atoms with Gasteiger partial charge < -0.3 is 9.84 Å². The summed E-state index contributed by atoms with van der Waals surface area (Å²) in [5.41, 5.74) is 1.45. The first kappa shape index (κ1) is 33.0. The number of nitrogens with zero attached hydrogens (tertiary/aromatic N) is 2. The molecule has 4 aromatic rings. The highest BCUT2D eigenvalue weighted by molar-refractivity contribution is 14.1. The molecule has 2 heterocycles. The molecule has 4 amide bonds. The van der Waals surface area contributed by atoms with E-state index in [0.717, 1.165) is 5.57 Å². The van der Waals surface area contributed by atoms with Crippen molar-refractivity contribution in [3.05, 3.63) is 127 Å². The third kappa shape index (κ3) is 4.69. The average molecular weight is 819 g/mol. The van der Waals surface area contributed by atoms with E-state index in [2.05, 4.69) is 0 Å². The molecule has 0 radical (unpaired) electrons. The number of hydrogen-bond acceptors (Lipinski definition) is 6. The summed E-state index contributed by atoms with van der Waals surface area (Å²) in [6, 6.07) is 26.1. The number of imide groups is 2. The maximum absolute atomic E-state index is 15.4. The van der Waals surface area contributed by atoms with Crippen molar-refractivity contribution < 1.29 is 29.0 Å². The fraction of sp³-hybridized carbons (Fsp3) is 0.231. The largest absolute Gasteiger partial charge is 0.504 e. The monoisotopic (exact) mass is 818 g/mol. The van der Waals surface area contributed by atoms with Gasteiger partial charge in [0, 0.05) is 16.0 Å². The molecule has 11 heteroatoms. The van der Waals surface area contributed by atoms with Crippen LogP contribution < -0.4 is 14.5 Å². The number of ether oxygens (including phenoxy) is 1. The van der Waals surface area contributed by atoms with E-state index in [1.807, 2.05) is 65.1 Å². The summed E-state index contributed by atoms with van der Waals surface area (Å²) in [6.07, 6.45) is 2.45. The normalized spacial score (nSPS) is 27.2. The molecule has 8 rings (SSSR count). The summed E-state index contributed by atoms with van der Waals surface area (Å²) in [6.45, 7) is 0. The number of anilines is 2. The van der Waals surface area contributed by atoms with Gasteiger partial charge in [0.25, 0.3) is 0 Å². The van der Waals surface area contributed by atoms with Crippen molar-refractivity contribution in [3.63, 3.8) is 0 Å². The number of fused-ring (bicyclic) bond motifs is 4. The van der Waals surface area contributed by atoms with Gasteiger partial charge >= 0.3 is 0 Å². The van der Waals surface area contributed by atoms with Crippen LogP contribution in [0.4, 0.5) is 11.4 Å². The van der Waals surface area contributed by atoms with Crippen molar-refractivity contribution in [2.75, 3.05) is 16.9 Å². The SMILES string of the molecule is COc1cc(C2C3=CCC4C(=O)N(c5ccc(Cl)cc5)C(=O)C4C3CC3C(=O)N(c4cccc(Cl)c4)C(=O)C32c2ccccc2)cc(I)c1O. The zero-order chi connectivity index (χ0) is 35.1. The number of aromatic hydroxyl groups is 1. The second-order valence-electron chi connectivity index (χ2n) is 13.1. The van der Waals surface area contributed by atoms with Crippen LogP contribution in [-0.4, -0.2) is 35.8 Å². The number of benzene rings is 4. The van der Waals surface area contributed by atoms with Gasteiger partial charge in [-0.15, -0.1) is 0 Å². The molecule has 0 aromatic heterocycles. The Morgan fingerprint density at radius 2 is 1.54 bits per heavy atom. The Kier molecular flexibility index (Phi) is 8.08. The second-order valence-corrected chi connectivity index (χ2v) is 15.2. The summed E-state index contributed by atoms with van der Waals surface area (Å²) in [5.74, 6) is -4.89. The highest BCUT2D eigenvalue weighted by Gasteiger charge is 2.70. The van der Waals surface area contributed by atoms with E-state index in [1.165, 1.54) is 16.9 Å². The number of allylic oxidation sites excluding steroid dienone is 2. The van der Waals surface area contributed by atoms with E-state index in [0.29, 0.717) is 36.1 Å². The maximum Gasteiger partial charge on any atom is 0.246 e. The van der Waals surface area contributed by atoms with Crippen molar-refractivity contribution in [1.82, 2.24) is 0 Å². The minimum atomic E-state index is -1.44. The molecular formula is C39H29Cl2IN2O6. The van der Waals surface area contributed by atoms with Crippen LogP contribution in [0.15, 0.2) is 103 Å². The van der Waals surface area contributed by atoms with E-state index in [4.69, 9.17) is 27.9 Å². The number of amides is 4. The van der Waals surface area contributed by atoms with Crippen LogP contribution in [0.2, 0.25) is 10.0 Å². The number of carbonyl (C=O) groups is 4. The first-order valence-electron chi connectivity index (χ1n) is 16.2. The lowest BCUT2D eigenvalue weighted by atomic mass is 9.49. The number of hydrogen-bond donors (Lipinski definition) is 1. The molecule has 4 aliphatic rings. The smallest absolute Gasteiger partial charge is 0.246 e. The van der Waals surface area contributed by atoms with Gasteiger partial charge in [-0.05, 0) is 107 Å². The number of halogens is 3. The quantitative estimate of drug-likeness (QED) is 0.126. The zero-order valence-corrected chi connectivity index (χ0v) is 30.2. The van der Waals surface area contributed by atoms with Crippen LogP contribution >= 0.6 is 45.8 Å². The van der Waals surface area contributed by atoms with Gasteiger partial charge in [-0.25, -0.2) is 4.90 Å². The Balaban J connectivity index is 1.37. The fourth-order valence-electron chi connectivity index (χ4n) is 8.88. The van der Waals surface area contributed by atoms with E-state index in [9.17, 15) is 19.5 Å². The molecule has 1 N–H and O–H groups in total. The summed E-state index contributed by atoms with van der Waals surface area (Å²) in [7, 11) is 1.46. The number of carbonyl (C=O) groups excluding carboxylic acids is 4. The Bertz CT molecular complexity index is 2140. The number of rotatable bonds is 5. The maximum atomic E-state index is 15.4. The van der Waals surface area contributed by atoms with Gasteiger partial charge in [0.15, 0.2) is 11.5 Å². The zero-order valence-electron chi connectivity index (χ0n) is 26.6. The molecule has 3 fully saturated rings. The molecule has 1 saturated carbocycles. The molecule has 0 bridgehead atoms. The van der Waals surface area contributed by atoms with Gasteiger partial charge in [0.1, 0.15) is 0 Å². The van der Waals surface area contributed by atoms with Crippen LogP contribution in [-0.2, 0) is 24.6 Å². The van der Waals surface area contributed by atoms with E-state index < -0.39 is 46.8 Å². The molecule has 4 aromatic carbocycles. The Hall–Kier alpha value is -4.19. The second kappa shape index (κ2) is 12.2. The third-order valence-electron chi connectivity index (χ3n) is 10.9. The van der Waals surface area contributed by atoms with Crippen LogP contribution in [0.1, 0.15) is 29.9 Å². The minimum Gasteiger partial charge on any atom is -0.504 e. The Labute approximate surface area is 311 Å². The lowest BCUT2D eigenvalue weighted by molar-refractivity contribution is -0.127. The van der Waals surface area contributed by atoms with Crippen molar-refractivity contribution in [3.8, 4) is 11.5 Å². The lowest BCUT2D eigenvalue weighted by Crippen LogP contribution is -2.53. The third-order valence-corrected chi connectivity index (χ3v) is 12.2. The Morgan fingerprint density at radius 3 is 2.24 bits per heavy atom. The molecule has 50 heavy (non-hydrogen) atoms. The fourth-order valence-corrected chi connectivity index (χ4v) is 9.82. The summed E-state index contributed by atoms with van der Waals surface area (Å²) in [5, 5.41) is 11.7. The predicted molar refractivity (Wildman–Crippen MR) is 197 cm³/mol. The molecule has 2 saturated heterocycles. The van der Waals surface area contributed by atoms with Gasteiger partial charge in [-0.3, -0.25) is 24.1 Å². The van der Waals surface area contributed by atoms with Crippen LogP contribution in [0.5, 0.6) is 11.5 Å². The molecule has 2 aliphatic heterocycles. The van der Waals surface area contributed by atoms with Crippen LogP contribution in [0.3, 0.4) is 0 Å². The van der Waals surface area contributed by atoms with E-state index in [1.54, 1.807) is 54.6 Å². The first-order valence-corrected chi connectivity index (χ1v) is 18.0. The average Bonchev–Trinajstić information content (AvgIpc) is 3.50. The molecule has 252 valence electrons. The molecule has 0 spiro atoms. The van der Waals surface area contributed by atoms with Crippen molar-refractivity contribution in [2.45, 2.75) is 24.2 Å². The molecule has 6 unspecified atom stereocenters. The highest BCUT2D eigenvalue weighted by atomic mass is 127. The summed E-state index contributed by atoms with van der Waals surface area (Å²) >= 11 is 14.6. The van der Waals surface area contributed by atoms with Gasteiger partial charge in [-0.1, -0.05) is 71.2 Å². The Morgan fingerprint density at radius 1 is 0.800 bits per heavy atom. The van der Waals surface area contributed by atoms with Gasteiger partial charge in [0.05, 0.1) is 45.2 Å². The number of methoxy groups -OCH3 is 1. The van der Waals surface area contributed by atoms with Gasteiger partial charge in [0.2, 0.25) is 23.6 Å². The van der Waals surface area contributed by atoms with Crippen molar-refractivity contribution in [1.29, 1.82) is 0 Å². The van der Waals surface area contributed by atoms with E-state index in [-0.39, 0.29) is 36.2 Å². The number of phenolic OH excluding ortho intramolecular Hbond substituents is 1. The molecule has 8 nitrogen and oxygen atoms in total. The molecule has 2 aliphatic carbocycles. The number of phenols is 1. The summed E-state index contributed by atoms with van der Waals surface area (Å²) < 4.78 is 6.10. The van der Waals surface area contributed by atoms with Crippen molar-refractivity contribution in [2.24, 2.45) is 23.7 Å².